The van der Waals surface area contributed by atoms with E-state index in [9.17, 15) is 0 Å². The van der Waals surface area contributed by atoms with Crippen molar-refractivity contribution < 1.29 is 9.47 Å². The normalized spacial score (nSPS) is 11.7. The van der Waals surface area contributed by atoms with Crippen LogP contribution in [-0.4, -0.2) is 12.7 Å². The zero-order chi connectivity index (χ0) is 7.82. The van der Waals surface area contributed by atoms with Gasteiger partial charge in [-0.25, -0.2) is 0 Å². The molecular formula is C8H13O2. The van der Waals surface area contributed by atoms with Crippen LogP contribution in [0.1, 0.15) is 6.42 Å². The number of hydrogen-bond acceptors (Lipinski definition) is 2. The van der Waals surface area contributed by atoms with Gasteiger partial charge in [-0.2, -0.15) is 0 Å². The number of hydrogen-bond donors (Lipinski definition) is 0. The third-order valence-electron chi connectivity index (χ3n) is 0.964. The standard InChI is InChI=1S/C8H13O2/c1-4-9-7-6-8(3)10-5-2/h4-5,8H,1-3,6-7H2. The van der Waals surface area contributed by atoms with Gasteiger partial charge in [0.1, 0.15) is 6.10 Å². The summed E-state index contributed by atoms with van der Waals surface area (Å²) >= 11 is 0. The third-order valence-corrected chi connectivity index (χ3v) is 0.964. The van der Waals surface area contributed by atoms with Crippen molar-refractivity contribution in [3.63, 3.8) is 0 Å². The van der Waals surface area contributed by atoms with Crippen LogP contribution in [0.15, 0.2) is 25.7 Å². The topological polar surface area (TPSA) is 18.5 Å². The van der Waals surface area contributed by atoms with Gasteiger partial charge in [0.25, 0.3) is 0 Å². The van der Waals surface area contributed by atoms with Gasteiger partial charge in [-0.15, -0.1) is 0 Å². The minimum Gasteiger partial charge on any atom is -0.502 e. The summed E-state index contributed by atoms with van der Waals surface area (Å²) in [6.07, 6.45) is 3.46. The van der Waals surface area contributed by atoms with Gasteiger partial charge < -0.3 is 9.47 Å². The zero-order valence-electron chi connectivity index (χ0n) is 6.08. The molecule has 0 aliphatic heterocycles. The summed E-state index contributed by atoms with van der Waals surface area (Å²) in [5.74, 6) is 0. The summed E-state index contributed by atoms with van der Waals surface area (Å²) in [5, 5.41) is 0. The Hall–Kier alpha value is -0.920. The first-order valence-corrected chi connectivity index (χ1v) is 3.13. The molecule has 0 saturated heterocycles. The molecule has 0 amide bonds. The molecule has 2 nitrogen and oxygen atoms in total. The summed E-state index contributed by atoms with van der Waals surface area (Å²) in [4.78, 5) is 0. The van der Waals surface area contributed by atoms with Crippen LogP contribution in [0.5, 0.6) is 0 Å². The van der Waals surface area contributed by atoms with E-state index >= 15 is 0 Å². The van der Waals surface area contributed by atoms with E-state index in [1.54, 1.807) is 0 Å². The molecule has 10 heavy (non-hydrogen) atoms. The SMILES string of the molecule is [CH2]C(CCOC=C)OC=C. The maximum atomic E-state index is 4.93. The minimum absolute atomic E-state index is 0.0718. The van der Waals surface area contributed by atoms with Crippen molar-refractivity contribution in [2.75, 3.05) is 6.61 Å². The van der Waals surface area contributed by atoms with Crippen LogP contribution in [0.4, 0.5) is 0 Å². The number of ether oxygens (including phenoxy) is 2. The first kappa shape index (κ1) is 9.08. The van der Waals surface area contributed by atoms with Crippen molar-refractivity contribution in [1.82, 2.24) is 0 Å². The molecule has 1 unspecified atom stereocenters. The van der Waals surface area contributed by atoms with Crippen molar-refractivity contribution in [2.45, 2.75) is 12.5 Å². The molecule has 0 aromatic heterocycles. The van der Waals surface area contributed by atoms with Gasteiger partial charge >= 0.3 is 0 Å². The Morgan fingerprint density at radius 2 is 2.00 bits per heavy atom. The van der Waals surface area contributed by atoms with E-state index in [2.05, 4.69) is 20.1 Å². The monoisotopic (exact) mass is 141 g/mol. The van der Waals surface area contributed by atoms with E-state index < -0.39 is 0 Å². The Labute approximate surface area is 62.1 Å². The molecule has 0 spiro atoms. The highest BCUT2D eigenvalue weighted by Gasteiger charge is 1.97. The van der Waals surface area contributed by atoms with Crippen LogP contribution >= 0.6 is 0 Å². The summed E-state index contributed by atoms with van der Waals surface area (Å²) in [6.45, 7) is 11.1. The molecule has 0 bridgehead atoms. The van der Waals surface area contributed by atoms with Crippen LogP contribution < -0.4 is 0 Å². The zero-order valence-corrected chi connectivity index (χ0v) is 6.08. The van der Waals surface area contributed by atoms with E-state index in [1.807, 2.05) is 0 Å². The van der Waals surface area contributed by atoms with Gasteiger partial charge in [0.05, 0.1) is 19.1 Å². The van der Waals surface area contributed by atoms with Crippen molar-refractivity contribution in [3.8, 4) is 0 Å². The summed E-state index contributed by atoms with van der Waals surface area (Å²) in [5.41, 5.74) is 0. The second-order valence-corrected chi connectivity index (χ2v) is 1.75. The van der Waals surface area contributed by atoms with E-state index in [1.165, 1.54) is 12.5 Å². The first-order valence-electron chi connectivity index (χ1n) is 3.13. The lowest BCUT2D eigenvalue weighted by molar-refractivity contribution is 0.138. The van der Waals surface area contributed by atoms with Crippen molar-refractivity contribution in [3.05, 3.63) is 32.6 Å². The largest absolute Gasteiger partial charge is 0.502 e. The van der Waals surface area contributed by atoms with E-state index in [4.69, 9.17) is 9.47 Å². The molecule has 0 aromatic carbocycles. The molecule has 0 heterocycles. The molecule has 0 aromatic rings. The molecule has 0 rings (SSSR count). The van der Waals surface area contributed by atoms with E-state index in [0.717, 1.165) is 6.42 Å². The molecule has 0 saturated carbocycles. The van der Waals surface area contributed by atoms with Crippen molar-refractivity contribution >= 4 is 0 Å². The van der Waals surface area contributed by atoms with Crippen molar-refractivity contribution in [2.24, 2.45) is 0 Å². The second kappa shape index (κ2) is 6.20. The molecule has 57 valence electrons. The van der Waals surface area contributed by atoms with Gasteiger partial charge in [-0.1, -0.05) is 13.2 Å². The average Bonchev–Trinajstić information content (AvgIpc) is 1.89. The summed E-state index contributed by atoms with van der Waals surface area (Å²) in [7, 11) is 0. The lowest BCUT2D eigenvalue weighted by atomic mass is 10.3. The average molecular weight is 141 g/mol. The highest BCUT2D eigenvalue weighted by molar-refractivity contribution is 4.64. The maximum absolute atomic E-state index is 4.93. The smallest absolute Gasteiger partial charge is 0.101 e. The lowest BCUT2D eigenvalue weighted by Gasteiger charge is -2.09. The van der Waals surface area contributed by atoms with Gasteiger partial charge in [0.15, 0.2) is 0 Å². The van der Waals surface area contributed by atoms with Crippen LogP contribution in [0.25, 0.3) is 0 Å². The molecule has 1 atom stereocenters. The summed E-state index contributed by atoms with van der Waals surface area (Å²) in [6, 6.07) is 0. The fourth-order valence-corrected chi connectivity index (χ4v) is 0.487. The highest BCUT2D eigenvalue weighted by Crippen LogP contribution is 1.96. The van der Waals surface area contributed by atoms with Crippen LogP contribution in [0.3, 0.4) is 0 Å². The van der Waals surface area contributed by atoms with E-state index in [-0.39, 0.29) is 6.10 Å². The first-order chi connectivity index (χ1) is 4.81. The Balaban J connectivity index is 3.11. The lowest BCUT2D eigenvalue weighted by Crippen LogP contribution is -2.07. The molecule has 2 heteroatoms. The molecule has 0 fully saturated rings. The fraction of sp³-hybridized carbons (Fsp3) is 0.375. The van der Waals surface area contributed by atoms with Gasteiger partial charge in [-0.05, 0) is 6.92 Å². The van der Waals surface area contributed by atoms with Gasteiger partial charge in [0.2, 0.25) is 0 Å². The fourth-order valence-electron chi connectivity index (χ4n) is 0.487. The quantitative estimate of drug-likeness (QED) is 0.415. The predicted molar refractivity (Wildman–Crippen MR) is 41.2 cm³/mol. The Kier molecular flexibility index (Phi) is 5.63. The van der Waals surface area contributed by atoms with Gasteiger partial charge in [-0.3, -0.25) is 0 Å². The highest BCUT2D eigenvalue weighted by atomic mass is 16.5. The Bertz CT molecular complexity index is 99.4. The predicted octanol–water partition coefficient (Wildman–Crippen LogP) is 1.90. The summed E-state index contributed by atoms with van der Waals surface area (Å²) < 4.78 is 9.79. The third kappa shape index (κ3) is 5.22. The molecule has 0 aliphatic carbocycles. The van der Waals surface area contributed by atoms with Crippen LogP contribution in [0.2, 0.25) is 0 Å². The minimum atomic E-state index is -0.0718. The Morgan fingerprint density at radius 3 is 2.50 bits per heavy atom. The van der Waals surface area contributed by atoms with Crippen LogP contribution in [-0.2, 0) is 9.47 Å². The molecule has 0 N–H and O–H groups in total. The van der Waals surface area contributed by atoms with Crippen molar-refractivity contribution in [1.29, 1.82) is 0 Å². The maximum Gasteiger partial charge on any atom is 0.101 e. The number of rotatable bonds is 6. The van der Waals surface area contributed by atoms with Crippen LogP contribution in [0, 0.1) is 6.92 Å². The molecule has 0 aliphatic rings. The van der Waals surface area contributed by atoms with Gasteiger partial charge in [0, 0.05) is 6.42 Å². The molecule has 1 radical (unpaired) electrons. The Morgan fingerprint density at radius 1 is 1.30 bits per heavy atom. The second-order valence-electron chi connectivity index (χ2n) is 1.75. The molecular weight excluding hydrogens is 128 g/mol. The van der Waals surface area contributed by atoms with E-state index in [0.29, 0.717) is 6.61 Å².